The van der Waals surface area contributed by atoms with Gasteiger partial charge in [0, 0.05) is 5.69 Å². The summed E-state index contributed by atoms with van der Waals surface area (Å²) in [7, 11) is -4.52. The SMILES string of the molecule is O=C(CNS(=O)(=O)c1cccc(C(F)(F)F)c1)Nc1ccc(F)c(C(F)(F)F)c1. The highest BCUT2D eigenvalue weighted by Crippen LogP contribution is 2.33. The van der Waals surface area contributed by atoms with Crippen molar-refractivity contribution >= 4 is 21.6 Å². The normalized spacial score (nSPS) is 12.7. The number of rotatable bonds is 5. The van der Waals surface area contributed by atoms with Gasteiger partial charge in [0.15, 0.2) is 0 Å². The number of hydrogen-bond donors (Lipinski definition) is 2. The lowest BCUT2D eigenvalue weighted by atomic mass is 10.2. The number of carbonyl (C=O) groups excluding carboxylic acids is 1. The first-order chi connectivity index (χ1) is 13.2. The van der Waals surface area contributed by atoms with E-state index in [0.29, 0.717) is 24.3 Å². The summed E-state index contributed by atoms with van der Waals surface area (Å²) >= 11 is 0. The zero-order valence-electron chi connectivity index (χ0n) is 14.0. The molecular formula is C16H11F7N2O3S. The molecule has 1 amide bonds. The third-order valence-corrected chi connectivity index (χ3v) is 4.85. The van der Waals surface area contributed by atoms with Crippen LogP contribution >= 0.6 is 0 Å². The molecule has 0 saturated carbocycles. The molecule has 0 atom stereocenters. The Balaban J connectivity index is 2.09. The summed E-state index contributed by atoms with van der Waals surface area (Å²) in [4.78, 5) is 11.0. The number of amides is 1. The van der Waals surface area contributed by atoms with Crippen molar-refractivity contribution in [2.75, 3.05) is 11.9 Å². The highest BCUT2D eigenvalue weighted by molar-refractivity contribution is 7.89. The largest absolute Gasteiger partial charge is 0.419 e. The fourth-order valence-corrected chi connectivity index (χ4v) is 3.14. The summed E-state index contributed by atoms with van der Waals surface area (Å²) < 4.78 is 115. The first-order valence-electron chi connectivity index (χ1n) is 7.54. The Labute approximate surface area is 159 Å². The number of anilines is 1. The van der Waals surface area contributed by atoms with Gasteiger partial charge in [0.2, 0.25) is 15.9 Å². The van der Waals surface area contributed by atoms with E-state index in [1.807, 2.05) is 5.32 Å². The first kappa shape index (κ1) is 22.6. The van der Waals surface area contributed by atoms with Crippen LogP contribution in [0.15, 0.2) is 47.4 Å². The standard InChI is InChI=1S/C16H11F7N2O3S/c17-13-5-4-10(7-12(13)16(21,22)23)25-14(26)8-24-29(27,28)11-3-1-2-9(6-11)15(18,19)20/h1-7,24H,8H2,(H,25,26). The van der Waals surface area contributed by atoms with Crippen molar-refractivity contribution in [3.8, 4) is 0 Å². The van der Waals surface area contributed by atoms with Crippen molar-refractivity contribution in [3.63, 3.8) is 0 Å². The van der Waals surface area contributed by atoms with Crippen LogP contribution in [-0.4, -0.2) is 20.9 Å². The van der Waals surface area contributed by atoms with Crippen molar-refractivity contribution < 1.29 is 43.9 Å². The fourth-order valence-electron chi connectivity index (χ4n) is 2.11. The van der Waals surface area contributed by atoms with Crippen molar-refractivity contribution in [1.29, 1.82) is 0 Å². The maximum atomic E-state index is 13.2. The van der Waals surface area contributed by atoms with E-state index in [4.69, 9.17) is 0 Å². The van der Waals surface area contributed by atoms with Gasteiger partial charge in [0.05, 0.1) is 22.6 Å². The summed E-state index contributed by atoms with van der Waals surface area (Å²) in [6.45, 7) is -0.989. The third kappa shape index (κ3) is 5.90. The monoisotopic (exact) mass is 444 g/mol. The smallest absolute Gasteiger partial charge is 0.325 e. The molecule has 0 aliphatic heterocycles. The van der Waals surface area contributed by atoms with E-state index < -0.39 is 62.4 Å². The summed E-state index contributed by atoms with van der Waals surface area (Å²) in [6, 6.07) is 4.33. The average Bonchev–Trinajstić information content (AvgIpc) is 2.60. The highest BCUT2D eigenvalue weighted by atomic mass is 32.2. The maximum Gasteiger partial charge on any atom is 0.419 e. The van der Waals surface area contributed by atoms with Gasteiger partial charge in [0.25, 0.3) is 0 Å². The minimum Gasteiger partial charge on any atom is -0.325 e. The molecule has 2 aromatic rings. The molecule has 0 saturated heterocycles. The highest BCUT2D eigenvalue weighted by Gasteiger charge is 2.34. The maximum absolute atomic E-state index is 13.2. The lowest BCUT2D eigenvalue weighted by Crippen LogP contribution is -2.33. The molecule has 2 N–H and O–H groups in total. The van der Waals surface area contributed by atoms with Gasteiger partial charge >= 0.3 is 12.4 Å². The number of nitrogens with one attached hydrogen (secondary N) is 2. The summed E-state index contributed by atoms with van der Waals surface area (Å²) in [5, 5.41) is 1.93. The van der Waals surface area contributed by atoms with E-state index >= 15 is 0 Å². The molecule has 0 bridgehead atoms. The van der Waals surface area contributed by atoms with Crippen LogP contribution in [0.1, 0.15) is 11.1 Å². The van der Waals surface area contributed by atoms with Crippen molar-refractivity contribution in [2.24, 2.45) is 0 Å². The minimum absolute atomic E-state index is 0.314. The van der Waals surface area contributed by atoms with Crippen molar-refractivity contribution in [2.45, 2.75) is 17.2 Å². The van der Waals surface area contributed by atoms with E-state index in [9.17, 15) is 43.9 Å². The molecule has 2 rings (SSSR count). The average molecular weight is 444 g/mol. The van der Waals surface area contributed by atoms with Crippen LogP contribution in [0, 0.1) is 5.82 Å². The molecule has 0 fully saturated rings. The molecule has 0 aliphatic rings. The van der Waals surface area contributed by atoms with E-state index in [-0.39, 0.29) is 0 Å². The van der Waals surface area contributed by atoms with E-state index in [0.717, 1.165) is 18.2 Å². The number of hydrogen-bond acceptors (Lipinski definition) is 3. The molecular weight excluding hydrogens is 433 g/mol. The van der Waals surface area contributed by atoms with Gasteiger partial charge in [-0.3, -0.25) is 4.79 Å². The Morgan fingerprint density at radius 2 is 1.59 bits per heavy atom. The summed E-state index contributed by atoms with van der Waals surface area (Å²) in [6.07, 6.45) is -9.81. The van der Waals surface area contributed by atoms with Crippen molar-refractivity contribution in [1.82, 2.24) is 4.72 Å². The second-order valence-corrected chi connectivity index (χ2v) is 7.36. The molecule has 13 heteroatoms. The van der Waals surface area contributed by atoms with Crippen LogP contribution in [0.25, 0.3) is 0 Å². The zero-order valence-corrected chi connectivity index (χ0v) is 14.8. The third-order valence-electron chi connectivity index (χ3n) is 3.45. The number of halogens is 7. The predicted molar refractivity (Wildman–Crippen MR) is 86.7 cm³/mol. The number of sulfonamides is 1. The molecule has 0 aliphatic carbocycles. The molecule has 2 aromatic carbocycles. The van der Waals surface area contributed by atoms with Crippen LogP contribution in [0.2, 0.25) is 0 Å². The van der Waals surface area contributed by atoms with E-state index in [1.165, 1.54) is 0 Å². The van der Waals surface area contributed by atoms with Crippen LogP contribution in [0.4, 0.5) is 36.4 Å². The van der Waals surface area contributed by atoms with Gasteiger partial charge < -0.3 is 5.32 Å². The summed E-state index contributed by atoms with van der Waals surface area (Å²) in [5.41, 5.74) is -3.32. The number of alkyl halides is 6. The van der Waals surface area contributed by atoms with Crippen LogP contribution < -0.4 is 10.0 Å². The van der Waals surface area contributed by atoms with Crippen LogP contribution in [0.5, 0.6) is 0 Å². The van der Waals surface area contributed by atoms with Gasteiger partial charge in [-0.25, -0.2) is 17.5 Å². The topological polar surface area (TPSA) is 75.3 Å². The molecule has 29 heavy (non-hydrogen) atoms. The second-order valence-electron chi connectivity index (χ2n) is 5.59. The van der Waals surface area contributed by atoms with E-state index in [2.05, 4.69) is 0 Å². The fraction of sp³-hybridized carbons (Fsp3) is 0.188. The number of carbonyl (C=O) groups is 1. The zero-order chi connectivity index (χ0) is 22.0. The predicted octanol–water partition coefficient (Wildman–Crippen LogP) is 3.78. The molecule has 158 valence electrons. The van der Waals surface area contributed by atoms with Crippen molar-refractivity contribution in [3.05, 3.63) is 59.4 Å². The van der Waals surface area contributed by atoms with Gasteiger partial charge in [-0.05, 0) is 36.4 Å². The Kier molecular flexibility index (Phi) is 6.23. The Morgan fingerprint density at radius 3 is 2.17 bits per heavy atom. The van der Waals surface area contributed by atoms with Crippen LogP contribution in [-0.2, 0) is 27.2 Å². The Bertz CT molecular complexity index is 1020. The lowest BCUT2D eigenvalue weighted by Gasteiger charge is -2.12. The van der Waals surface area contributed by atoms with Gasteiger partial charge in [-0.2, -0.15) is 26.3 Å². The molecule has 0 aromatic heterocycles. The van der Waals surface area contributed by atoms with Gasteiger partial charge in [-0.1, -0.05) is 6.07 Å². The number of benzene rings is 2. The summed E-state index contributed by atoms with van der Waals surface area (Å²) in [5.74, 6) is -2.69. The molecule has 0 unspecified atom stereocenters. The van der Waals surface area contributed by atoms with E-state index in [1.54, 1.807) is 4.72 Å². The van der Waals surface area contributed by atoms with Gasteiger partial charge in [0.1, 0.15) is 5.82 Å². The molecule has 0 radical (unpaired) electrons. The Morgan fingerprint density at radius 1 is 0.931 bits per heavy atom. The minimum atomic E-state index is -5.02. The molecule has 0 heterocycles. The quantitative estimate of drug-likeness (QED) is 0.690. The Hall–Kier alpha value is -2.67. The lowest BCUT2D eigenvalue weighted by molar-refractivity contribution is -0.140. The van der Waals surface area contributed by atoms with Gasteiger partial charge in [-0.15, -0.1) is 0 Å². The molecule has 5 nitrogen and oxygen atoms in total. The second kappa shape index (κ2) is 7.99. The first-order valence-corrected chi connectivity index (χ1v) is 9.02. The molecule has 0 spiro atoms. The van der Waals surface area contributed by atoms with Crippen LogP contribution in [0.3, 0.4) is 0 Å².